The highest BCUT2D eigenvalue weighted by Gasteiger charge is 2.41. The number of likely N-dealkylation sites (tertiary alicyclic amines) is 1. The van der Waals surface area contributed by atoms with Gasteiger partial charge in [0.25, 0.3) is 0 Å². The van der Waals surface area contributed by atoms with Crippen LogP contribution >= 0.6 is 0 Å². The zero-order chi connectivity index (χ0) is 18.5. The number of aromatic nitrogens is 3. The van der Waals surface area contributed by atoms with Crippen LogP contribution in [0.15, 0.2) is 42.7 Å². The summed E-state index contributed by atoms with van der Waals surface area (Å²) in [5.41, 5.74) is 3.27. The first-order valence-corrected chi connectivity index (χ1v) is 9.50. The number of hydrogen-bond acceptors (Lipinski definition) is 4. The molecule has 6 heteroatoms. The molecule has 0 radical (unpaired) electrons. The average Bonchev–Trinajstić information content (AvgIpc) is 3.18. The minimum Gasteiger partial charge on any atom is -0.350 e. The second kappa shape index (κ2) is 6.08. The number of fused-ring (bicyclic) bond motifs is 2. The maximum atomic E-state index is 12.0. The topological polar surface area (TPSA) is 54.3 Å². The van der Waals surface area contributed by atoms with Crippen LogP contribution in [0.5, 0.6) is 0 Å². The molecule has 5 rings (SSSR count). The molecule has 0 aliphatic carbocycles. The van der Waals surface area contributed by atoms with Crippen LogP contribution in [0.1, 0.15) is 12.8 Å². The van der Waals surface area contributed by atoms with E-state index >= 15 is 0 Å². The summed E-state index contributed by atoms with van der Waals surface area (Å²) in [4.78, 5) is 25.6. The van der Waals surface area contributed by atoms with E-state index in [9.17, 15) is 4.79 Å². The standard InChI is InChI=1S/C21H23N5O/c1-24-13-16(15-5-3-4-6-19(15)24)17-7-9-22-21(23-17)26-10-8-18-14(12-26)11-20(27)25(18)2/h3-7,9,13-14,18H,8,10-12H2,1-2H3/t14-,18+/m1/s1. The average molecular weight is 361 g/mol. The number of benzene rings is 1. The third-order valence-electron chi connectivity index (χ3n) is 6.12. The maximum Gasteiger partial charge on any atom is 0.225 e. The van der Waals surface area contributed by atoms with Gasteiger partial charge in [-0.1, -0.05) is 18.2 Å². The van der Waals surface area contributed by atoms with Crippen molar-refractivity contribution in [3.05, 3.63) is 42.7 Å². The number of anilines is 1. The number of nitrogens with zero attached hydrogens (tertiary/aromatic N) is 5. The number of carbonyl (C=O) groups excluding carboxylic acids is 1. The summed E-state index contributed by atoms with van der Waals surface area (Å²) in [6.07, 6.45) is 5.60. The monoisotopic (exact) mass is 361 g/mol. The van der Waals surface area contributed by atoms with Gasteiger partial charge in [-0.2, -0.15) is 0 Å². The van der Waals surface area contributed by atoms with Crippen LogP contribution < -0.4 is 4.90 Å². The van der Waals surface area contributed by atoms with Crippen molar-refractivity contribution in [1.29, 1.82) is 0 Å². The van der Waals surface area contributed by atoms with Crippen molar-refractivity contribution >= 4 is 22.8 Å². The van der Waals surface area contributed by atoms with Crippen molar-refractivity contribution in [2.24, 2.45) is 13.0 Å². The van der Waals surface area contributed by atoms with E-state index in [-0.39, 0.29) is 5.91 Å². The molecule has 2 aliphatic rings. The molecule has 6 nitrogen and oxygen atoms in total. The molecular weight excluding hydrogens is 338 g/mol. The summed E-state index contributed by atoms with van der Waals surface area (Å²) in [6, 6.07) is 10.7. The van der Waals surface area contributed by atoms with Crippen LogP contribution in [0.3, 0.4) is 0 Å². The first-order valence-electron chi connectivity index (χ1n) is 9.50. The van der Waals surface area contributed by atoms with Gasteiger partial charge >= 0.3 is 0 Å². The lowest BCUT2D eigenvalue weighted by molar-refractivity contribution is -0.127. The van der Waals surface area contributed by atoms with E-state index in [2.05, 4.69) is 52.0 Å². The van der Waals surface area contributed by atoms with E-state index in [1.807, 2.05) is 24.2 Å². The molecule has 1 aromatic carbocycles. The van der Waals surface area contributed by atoms with Crippen LogP contribution in [0.2, 0.25) is 0 Å². The number of piperidine rings is 1. The molecule has 2 fully saturated rings. The van der Waals surface area contributed by atoms with Crippen molar-refractivity contribution in [3.63, 3.8) is 0 Å². The number of rotatable bonds is 2. The molecule has 0 saturated carbocycles. The van der Waals surface area contributed by atoms with Gasteiger partial charge in [0.05, 0.1) is 5.69 Å². The van der Waals surface area contributed by atoms with Gasteiger partial charge in [0.2, 0.25) is 11.9 Å². The van der Waals surface area contributed by atoms with Crippen LogP contribution in [-0.2, 0) is 11.8 Å². The largest absolute Gasteiger partial charge is 0.350 e. The molecule has 2 atom stereocenters. The van der Waals surface area contributed by atoms with Crippen molar-refractivity contribution < 1.29 is 4.79 Å². The molecule has 2 aromatic heterocycles. The second-order valence-corrected chi connectivity index (χ2v) is 7.68. The molecule has 2 saturated heterocycles. The van der Waals surface area contributed by atoms with Crippen molar-refractivity contribution in [1.82, 2.24) is 19.4 Å². The zero-order valence-corrected chi connectivity index (χ0v) is 15.7. The summed E-state index contributed by atoms with van der Waals surface area (Å²) >= 11 is 0. The molecule has 27 heavy (non-hydrogen) atoms. The fourth-order valence-corrected chi connectivity index (χ4v) is 4.66. The zero-order valence-electron chi connectivity index (χ0n) is 15.7. The smallest absolute Gasteiger partial charge is 0.225 e. The molecule has 138 valence electrons. The van der Waals surface area contributed by atoms with E-state index in [0.29, 0.717) is 18.4 Å². The van der Waals surface area contributed by atoms with Crippen LogP contribution in [-0.4, -0.2) is 51.5 Å². The highest BCUT2D eigenvalue weighted by Crippen LogP contribution is 2.33. The second-order valence-electron chi connectivity index (χ2n) is 7.68. The highest BCUT2D eigenvalue weighted by molar-refractivity contribution is 5.95. The summed E-state index contributed by atoms with van der Waals surface area (Å²) in [6.45, 7) is 1.73. The Labute approximate surface area is 158 Å². The number of carbonyl (C=O) groups is 1. The van der Waals surface area contributed by atoms with E-state index in [1.54, 1.807) is 0 Å². The predicted molar refractivity (Wildman–Crippen MR) is 105 cm³/mol. The summed E-state index contributed by atoms with van der Waals surface area (Å²) < 4.78 is 2.14. The normalized spacial score (nSPS) is 22.5. The molecule has 0 unspecified atom stereocenters. The number of aryl methyl sites for hydroxylation is 1. The highest BCUT2D eigenvalue weighted by atomic mass is 16.2. The Kier molecular flexibility index (Phi) is 3.67. The third kappa shape index (κ3) is 2.59. The number of hydrogen-bond donors (Lipinski definition) is 0. The molecule has 0 bridgehead atoms. The van der Waals surface area contributed by atoms with Gasteiger partial charge in [0.15, 0.2) is 0 Å². The number of para-hydroxylation sites is 1. The summed E-state index contributed by atoms with van der Waals surface area (Å²) in [7, 11) is 3.99. The molecule has 1 amide bonds. The summed E-state index contributed by atoms with van der Waals surface area (Å²) in [5.74, 6) is 1.40. The summed E-state index contributed by atoms with van der Waals surface area (Å²) in [5, 5.41) is 1.20. The van der Waals surface area contributed by atoms with Crippen molar-refractivity contribution in [2.75, 3.05) is 25.0 Å². The van der Waals surface area contributed by atoms with Crippen LogP contribution in [0.4, 0.5) is 5.95 Å². The van der Waals surface area contributed by atoms with Gasteiger partial charge in [-0.3, -0.25) is 4.79 Å². The van der Waals surface area contributed by atoms with E-state index in [4.69, 9.17) is 4.98 Å². The lowest BCUT2D eigenvalue weighted by Gasteiger charge is -2.36. The Bertz CT molecular complexity index is 1030. The molecule has 0 spiro atoms. The lowest BCUT2D eigenvalue weighted by atomic mass is 9.93. The van der Waals surface area contributed by atoms with Gasteiger partial charge in [-0.05, 0) is 18.6 Å². The fraction of sp³-hybridized carbons (Fsp3) is 0.381. The van der Waals surface area contributed by atoms with Crippen molar-refractivity contribution in [2.45, 2.75) is 18.9 Å². The third-order valence-corrected chi connectivity index (χ3v) is 6.12. The van der Waals surface area contributed by atoms with Gasteiger partial charge in [-0.25, -0.2) is 9.97 Å². The Balaban J connectivity index is 1.47. The first-order chi connectivity index (χ1) is 13.1. The van der Waals surface area contributed by atoms with E-state index < -0.39 is 0 Å². The molecule has 2 aliphatic heterocycles. The Morgan fingerprint density at radius 1 is 1.15 bits per heavy atom. The number of amides is 1. The van der Waals surface area contributed by atoms with Gasteiger partial charge in [0, 0.05) is 74.4 Å². The SMILES string of the molecule is CN1C(=O)C[C@@H]2CN(c3nccc(-c4cn(C)c5ccccc45)n3)CC[C@@H]21. The van der Waals surface area contributed by atoms with E-state index in [0.717, 1.165) is 36.7 Å². The maximum absolute atomic E-state index is 12.0. The van der Waals surface area contributed by atoms with Gasteiger partial charge in [-0.15, -0.1) is 0 Å². The van der Waals surface area contributed by atoms with Crippen LogP contribution in [0, 0.1) is 5.92 Å². The Morgan fingerprint density at radius 2 is 2.00 bits per heavy atom. The fourth-order valence-electron chi connectivity index (χ4n) is 4.66. The Hall–Kier alpha value is -2.89. The van der Waals surface area contributed by atoms with Gasteiger partial charge in [0.1, 0.15) is 0 Å². The molecule has 4 heterocycles. The molecule has 3 aromatic rings. The first kappa shape index (κ1) is 16.3. The van der Waals surface area contributed by atoms with Crippen molar-refractivity contribution in [3.8, 4) is 11.3 Å². The van der Waals surface area contributed by atoms with E-state index in [1.165, 1.54) is 10.9 Å². The predicted octanol–water partition coefficient (Wildman–Crippen LogP) is 2.69. The Morgan fingerprint density at radius 3 is 2.89 bits per heavy atom. The molecular formula is C21H23N5O. The minimum absolute atomic E-state index is 0.261. The van der Waals surface area contributed by atoms with Gasteiger partial charge < -0.3 is 14.4 Å². The lowest BCUT2D eigenvalue weighted by Crippen LogP contribution is -2.45. The van der Waals surface area contributed by atoms with Crippen LogP contribution in [0.25, 0.3) is 22.2 Å². The minimum atomic E-state index is 0.261. The quantitative estimate of drug-likeness (QED) is 0.704. The molecule has 0 N–H and O–H groups in total.